The predicted molar refractivity (Wildman–Crippen MR) is 32.8 cm³/mol. The Kier molecular flexibility index (Phi) is 3.83. The predicted octanol–water partition coefficient (Wildman–Crippen LogP) is -0.854. The van der Waals surface area contributed by atoms with Crippen LogP contribution in [0.15, 0.2) is 0 Å². The number of hydrogen-bond acceptors (Lipinski definition) is 4. The second-order valence-corrected chi connectivity index (χ2v) is 1.98. The van der Waals surface area contributed by atoms with Crippen LogP contribution in [-0.4, -0.2) is 28.6 Å². The summed E-state index contributed by atoms with van der Waals surface area (Å²) in [5.41, 5.74) is 0. The van der Waals surface area contributed by atoms with Crippen LogP contribution in [0, 0.1) is 0 Å². The van der Waals surface area contributed by atoms with Crippen LogP contribution in [0.2, 0.25) is 0 Å². The fourth-order valence-corrected chi connectivity index (χ4v) is 0.483. The number of rotatable bonds is 5. The van der Waals surface area contributed by atoms with Crippen LogP contribution in [0.4, 0.5) is 0 Å². The van der Waals surface area contributed by atoms with E-state index in [1.807, 2.05) is 0 Å². The van der Waals surface area contributed by atoms with E-state index in [1.54, 1.807) is 0 Å². The molecule has 2 N–H and O–H groups in total. The van der Waals surface area contributed by atoms with Crippen molar-refractivity contribution in [3.05, 3.63) is 0 Å². The second kappa shape index (κ2) is 4.14. The molecule has 0 amide bonds. The number of carbonyl (C=O) groups is 1. The van der Waals surface area contributed by atoms with Gasteiger partial charge in [0.15, 0.2) is 0 Å². The van der Waals surface area contributed by atoms with Crippen molar-refractivity contribution in [3.63, 3.8) is 0 Å². The Hall–Kier alpha value is -0.740. The molecule has 0 aliphatic heterocycles. The lowest BCUT2D eigenvalue weighted by atomic mass is 10.1. The van der Waals surface area contributed by atoms with Crippen molar-refractivity contribution in [2.24, 2.45) is 0 Å². The summed E-state index contributed by atoms with van der Waals surface area (Å²) in [5.74, 6) is -2.37. The van der Waals surface area contributed by atoms with Gasteiger partial charge in [-0.1, -0.05) is 0 Å². The molecule has 1 radical (unpaired) electrons. The highest BCUT2D eigenvalue weighted by Gasteiger charge is 2.21. The Balaban J connectivity index is 3.46. The van der Waals surface area contributed by atoms with E-state index in [0.29, 0.717) is 6.29 Å². The summed E-state index contributed by atoms with van der Waals surface area (Å²) in [4.78, 5) is 19.4. The first-order chi connectivity index (χ1) is 4.62. The number of aliphatic hydroxyl groups is 2. The van der Waals surface area contributed by atoms with Gasteiger partial charge in [0.25, 0.3) is 6.29 Å². The maximum absolute atomic E-state index is 9.72. The summed E-state index contributed by atoms with van der Waals surface area (Å²) >= 11 is 0. The van der Waals surface area contributed by atoms with Gasteiger partial charge in [-0.15, -0.1) is 0 Å². The van der Waals surface area contributed by atoms with Gasteiger partial charge < -0.3 is 15.0 Å². The van der Waals surface area contributed by atoms with Crippen LogP contribution in [0.3, 0.4) is 0 Å². The van der Waals surface area contributed by atoms with Crippen molar-refractivity contribution in [3.8, 4) is 0 Å². The number of carbonyl (C=O) groups excluding carboxylic acids is 2. The number of unbranched alkanes of at least 4 members (excludes halogenated alkanes) is 1. The van der Waals surface area contributed by atoms with Crippen LogP contribution in [0.5, 0.6) is 0 Å². The summed E-state index contributed by atoms with van der Waals surface area (Å²) in [7, 11) is 0. The monoisotopic (exact) mass is 145 g/mol. The summed E-state index contributed by atoms with van der Waals surface area (Å²) in [6, 6.07) is 0. The third-order valence-corrected chi connectivity index (χ3v) is 1.01. The molecule has 0 rings (SSSR count). The molecule has 0 unspecified atom stereocenters. The van der Waals surface area contributed by atoms with Crippen LogP contribution >= 0.6 is 0 Å². The van der Waals surface area contributed by atoms with Crippen molar-refractivity contribution in [2.45, 2.75) is 25.0 Å². The fourth-order valence-electron chi connectivity index (χ4n) is 0.483. The van der Waals surface area contributed by atoms with Crippen molar-refractivity contribution >= 4 is 12.6 Å². The first-order valence-corrected chi connectivity index (χ1v) is 2.90. The molecule has 0 aliphatic rings. The van der Waals surface area contributed by atoms with Crippen molar-refractivity contribution in [1.29, 1.82) is 0 Å². The minimum Gasteiger partial charge on any atom is -0.359 e. The molecule has 0 aromatic rings. The van der Waals surface area contributed by atoms with Crippen LogP contribution in [0.1, 0.15) is 19.3 Å². The van der Waals surface area contributed by atoms with Gasteiger partial charge in [0, 0.05) is 12.8 Å². The van der Waals surface area contributed by atoms with E-state index in [1.165, 1.54) is 0 Å². The number of aldehydes is 1. The highest BCUT2D eigenvalue weighted by molar-refractivity contribution is 5.60. The Morgan fingerprint density at radius 1 is 1.50 bits per heavy atom. The molecule has 0 saturated carbocycles. The molecule has 0 aliphatic carbocycles. The van der Waals surface area contributed by atoms with Crippen molar-refractivity contribution < 1.29 is 19.8 Å². The number of hydrogen-bond donors (Lipinski definition) is 2. The molecule has 4 heteroatoms. The van der Waals surface area contributed by atoms with Gasteiger partial charge in [-0.3, -0.25) is 4.79 Å². The Labute approximate surface area is 58.5 Å². The third kappa shape index (κ3) is 4.17. The van der Waals surface area contributed by atoms with E-state index >= 15 is 0 Å². The SMILES string of the molecule is O=[C]C(O)(O)CCCC=O. The molecule has 0 saturated heterocycles. The zero-order valence-corrected chi connectivity index (χ0v) is 5.41. The van der Waals surface area contributed by atoms with Gasteiger partial charge >= 0.3 is 0 Å². The Morgan fingerprint density at radius 3 is 2.50 bits per heavy atom. The molecule has 0 spiro atoms. The van der Waals surface area contributed by atoms with Crippen molar-refractivity contribution in [2.75, 3.05) is 0 Å². The molecule has 0 bridgehead atoms. The smallest absolute Gasteiger partial charge is 0.262 e. The van der Waals surface area contributed by atoms with E-state index in [2.05, 4.69) is 0 Å². The lowest BCUT2D eigenvalue weighted by Gasteiger charge is -2.10. The molecule has 0 fully saturated rings. The summed E-state index contributed by atoms with van der Waals surface area (Å²) in [6.45, 7) is 0. The van der Waals surface area contributed by atoms with Crippen LogP contribution in [0.25, 0.3) is 0 Å². The molecular formula is C6H9O4. The van der Waals surface area contributed by atoms with E-state index in [4.69, 9.17) is 10.2 Å². The van der Waals surface area contributed by atoms with Crippen LogP contribution < -0.4 is 0 Å². The zero-order valence-electron chi connectivity index (χ0n) is 5.41. The van der Waals surface area contributed by atoms with Gasteiger partial charge in [-0.05, 0) is 6.42 Å². The second-order valence-electron chi connectivity index (χ2n) is 1.98. The van der Waals surface area contributed by atoms with E-state index < -0.39 is 5.79 Å². The molecule has 0 heterocycles. The maximum atomic E-state index is 9.72. The molecular weight excluding hydrogens is 136 g/mol. The Bertz CT molecular complexity index is 119. The van der Waals surface area contributed by atoms with Gasteiger partial charge in [0.05, 0.1) is 0 Å². The molecule has 10 heavy (non-hydrogen) atoms. The quantitative estimate of drug-likeness (QED) is 0.300. The van der Waals surface area contributed by atoms with E-state index in [-0.39, 0.29) is 19.3 Å². The third-order valence-electron chi connectivity index (χ3n) is 1.01. The molecule has 0 atom stereocenters. The average Bonchev–Trinajstić information content (AvgIpc) is 1.89. The summed E-state index contributed by atoms with van der Waals surface area (Å²) in [6.07, 6.45) is 2.07. The molecule has 0 aromatic carbocycles. The lowest BCUT2D eigenvalue weighted by molar-refractivity contribution is -0.112. The lowest BCUT2D eigenvalue weighted by Crippen LogP contribution is -2.29. The van der Waals surface area contributed by atoms with E-state index in [0.717, 1.165) is 6.29 Å². The highest BCUT2D eigenvalue weighted by Crippen LogP contribution is 2.06. The summed E-state index contributed by atoms with van der Waals surface area (Å²) < 4.78 is 0. The maximum Gasteiger partial charge on any atom is 0.262 e. The fraction of sp³-hybridized carbons (Fsp3) is 0.667. The first-order valence-electron chi connectivity index (χ1n) is 2.90. The normalized spacial score (nSPS) is 11.0. The highest BCUT2D eigenvalue weighted by atomic mass is 16.5. The minimum absolute atomic E-state index is 0.144. The first kappa shape index (κ1) is 9.26. The average molecular weight is 145 g/mol. The molecule has 57 valence electrons. The molecule has 4 nitrogen and oxygen atoms in total. The van der Waals surface area contributed by atoms with Gasteiger partial charge in [0.2, 0.25) is 5.79 Å². The van der Waals surface area contributed by atoms with Gasteiger partial charge in [-0.25, -0.2) is 0 Å². The Morgan fingerprint density at radius 2 is 2.10 bits per heavy atom. The van der Waals surface area contributed by atoms with Gasteiger partial charge in [-0.2, -0.15) is 0 Å². The van der Waals surface area contributed by atoms with Crippen molar-refractivity contribution in [1.82, 2.24) is 0 Å². The van der Waals surface area contributed by atoms with Gasteiger partial charge in [0.1, 0.15) is 6.29 Å². The standard InChI is InChI=1S/C6H9O4/c7-4-2-1-3-6(9,10)5-8/h4,9-10H,1-3H2. The largest absolute Gasteiger partial charge is 0.359 e. The van der Waals surface area contributed by atoms with Crippen LogP contribution in [-0.2, 0) is 9.59 Å². The molecule has 0 aromatic heterocycles. The minimum atomic E-state index is -2.37. The zero-order chi connectivity index (χ0) is 8.04. The topological polar surface area (TPSA) is 74.6 Å². The summed E-state index contributed by atoms with van der Waals surface area (Å²) in [5, 5.41) is 17.1. The van der Waals surface area contributed by atoms with E-state index in [9.17, 15) is 9.59 Å².